The average molecular weight is 485 g/mol. The molecule has 2 rings (SSSR count). The minimum absolute atomic E-state index is 0. The predicted molar refractivity (Wildman–Crippen MR) is 120 cm³/mol. The molecule has 148 valence electrons. The van der Waals surface area contributed by atoms with E-state index < -0.39 is 0 Å². The normalized spacial score (nSPS) is 10.7. The van der Waals surface area contributed by atoms with Crippen molar-refractivity contribution < 1.29 is 14.6 Å². The van der Waals surface area contributed by atoms with Gasteiger partial charge in [-0.1, -0.05) is 18.2 Å². The molecule has 6 nitrogen and oxygen atoms in total. The first kappa shape index (κ1) is 22.9. The van der Waals surface area contributed by atoms with Gasteiger partial charge < -0.3 is 25.2 Å². The summed E-state index contributed by atoms with van der Waals surface area (Å²) in [5.74, 6) is 2.44. The number of nitrogens with one attached hydrogen (secondary N) is 2. The number of halogens is 1. The lowest BCUT2D eigenvalue weighted by atomic mass is 10.1. The van der Waals surface area contributed by atoms with Gasteiger partial charge in [0.15, 0.2) is 17.5 Å². The maximum Gasteiger partial charge on any atom is 0.191 e. The number of nitrogens with zero attached hydrogens (tertiary/aromatic N) is 1. The molecule has 0 heterocycles. The van der Waals surface area contributed by atoms with E-state index in [1.807, 2.05) is 37.3 Å². The topological polar surface area (TPSA) is 75.1 Å². The maximum absolute atomic E-state index is 9.52. The Labute approximate surface area is 178 Å². The van der Waals surface area contributed by atoms with E-state index in [1.54, 1.807) is 26.4 Å². The molecule has 0 unspecified atom stereocenters. The quantitative estimate of drug-likeness (QED) is 0.304. The van der Waals surface area contributed by atoms with Crippen molar-refractivity contribution in [1.82, 2.24) is 10.6 Å². The van der Waals surface area contributed by atoms with Gasteiger partial charge in [0.2, 0.25) is 0 Å². The Morgan fingerprint density at radius 1 is 1.00 bits per heavy atom. The number of hydrogen-bond donors (Lipinski definition) is 3. The zero-order chi connectivity index (χ0) is 18.8. The average Bonchev–Trinajstić information content (AvgIpc) is 2.66. The fourth-order valence-corrected chi connectivity index (χ4v) is 2.53. The molecule has 0 atom stereocenters. The van der Waals surface area contributed by atoms with Crippen LogP contribution in [0.4, 0.5) is 0 Å². The molecule has 0 amide bonds. The van der Waals surface area contributed by atoms with Gasteiger partial charge in [0.05, 0.1) is 20.8 Å². The second kappa shape index (κ2) is 12.3. The lowest BCUT2D eigenvalue weighted by Crippen LogP contribution is -2.38. The smallest absolute Gasteiger partial charge is 0.191 e. The van der Waals surface area contributed by atoms with Gasteiger partial charge in [-0.2, -0.15) is 0 Å². The summed E-state index contributed by atoms with van der Waals surface area (Å²) in [6.07, 6.45) is 0.801. The summed E-state index contributed by atoms with van der Waals surface area (Å²) in [6, 6.07) is 13.1. The van der Waals surface area contributed by atoms with Crippen LogP contribution < -0.4 is 20.1 Å². The van der Waals surface area contributed by atoms with Crippen molar-refractivity contribution in [2.24, 2.45) is 4.99 Å². The third kappa shape index (κ3) is 7.54. The summed E-state index contributed by atoms with van der Waals surface area (Å²) >= 11 is 0. The van der Waals surface area contributed by atoms with Crippen molar-refractivity contribution in [2.75, 3.05) is 27.3 Å². The molecule has 7 heteroatoms. The predicted octanol–water partition coefficient (Wildman–Crippen LogP) is 3.33. The summed E-state index contributed by atoms with van der Waals surface area (Å²) in [6.45, 7) is 4.07. The van der Waals surface area contributed by atoms with Crippen molar-refractivity contribution >= 4 is 29.9 Å². The molecule has 0 aliphatic carbocycles. The van der Waals surface area contributed by atoms with Gasteiger partial charge in [0.25, 0.3) is 0 Å². The Morgan fingerprint density at radius 2 is 1.78 bits per heavy atom. The van der Waals surface area contributed by atoms with Crippen LogP contribution in [0.25, 0.3) is 0 Å². The van der Waals surface area contributed by atoms with Crippen LogP contribution in [-0.4, -0.2) is 38.4 Å². The second-order valence-corrected chi connectivity index (χ2v) is 5.73. The number of phenols is 1. The molecule has 0 aliphatic rings. The van der Waals surface area contributed by atoms with Gasteiger partial charge in [0, 0.05) is 13.1 Å². The Bertz CT molecular complexity index is 738. The number of hydrogen-bond acceptors (Lipinski definition) is 4. The highest BCUT2D eigenvalue weighted by Crippen LogP contribution is 2.27. The SMILES string of the molecule is CCNC(=NCc1ccc(OC)c(OC)c1)NCCc1cccc(O)c1.I. The minimum Gasteiger partial charge on any atom is -0.508 e. The van der Waals surface area contributed by atoms with E-state index in [4.69, 9.17) is 9.47 Å². The van der Waals surface area contributed by atoms with Crippen molar-refractivity contribution in [3.8, 4) is 17.2 Å². The number of aromatic hydroxyl groups is 1. The number of ether oxygens (including phenoxy) is 2. The Balaban J connectivity index is 0.00000364. The van der Waals surface area contributed by atoms with Crippen molar-refractivity contribution in [2.45, 2.75) is 19.9 Å². The van der Waals surface area contributed by atoms with E-state index >= 15 is 0 Å². The first-order chi connectivity index (χ1) is 12.7. The van der Waals surface area contributed by atoms with Crippen LogP contribution >= 0.6 is 24.0 Å². The molecule has 0 spiro atoms. The third-order valence-corrected chi connectivity index (χ3v) is 3.83. The van der Waals surface area contributed by atoms with Gasteiger partial charge in [-0.25, -0.2) is 4.99 Å². The first-order valence-electron chi connectivity index (χ1n) is 8.67. The summed E-state index contributed by atoms with van der Waals surface area (Å²) in [5, 5.41) is 16.1. The number of benzene rings is 2. The highest BCUT2D eigenvalue weighted by molar-refractivity contribution is 14.0. The highest BCUT2D eigenvalue weighted by Gasteiger charge is 2.05. The van der Waals surface area contributed by atoms with E-state index in [0.717, 1.165) is 36.6 Å². The molecule has 3 N–H and O–H groups in total. The number of aliphatic imine (C=N–C) groups is 1. The molecule has 0 fully saturated rings. The van der Waals surface area contributed by atoms with Gasteiger partial charge in [-0.15, -0.1) is 24.0 Å². The van der Waals surface area contributed by atoms with Gasteiger partial charge in [-0.05, 0) is 48.7 Å². The molecule has 0 aliphatic heterocycles. The van der Waals surface area contributed by atoms with Crippen LogP contribution in [0.3, 0.4) is 0 Å². The fourth-order valence-electron chi connectivity index (χ4n) is 2.53. The number of rotatable bonds is 8. The van der Waals surface area contributed by atoms with Crippen LogP contribution in [0.5, 0.6) is 17.2 Å². The monoisotopic (exact) mass is 485 g/mol. The molecule has 0 bridgehead atoms. The molecule has 0 radical (unpaired) electrons. The highest BCUT2D eigenvalue weighted by atomic mass is 127. The first-order valence-corrected chi connectivity index (χ1v) is 8.67. The van der Waals surface area contributed by atoms with Crippen molar-refractivity contribution in [3.63, 3.8) is 0 Å². The minimum atomic E-state index is 0. The largest absolute Gasteiger partial charge is 0.508 e. The molecule has 27 heavy (non-hydrogen) atoms. The Morgan fingerprint density at radius 3 is 2.44 bits per heavy atom. The fraction of sp³-hybridized carbons (Fsp3) is 0.350. The number of methoxy groups -OCH3 is 2. The van der Waals surface area contributed by atoms with Crippen LogP contribution in [0.15, 0.2) is 47.5 Å². The van der Waals surface area contributed by atoms with Crippen LogP contribution in [0.1, 0.15) is 18.1 Å². The summed E-state index contributed by atoms with van der Waals surface area (Å²) < 4.78 is 10.6. The van der Waals surface area contributed by atoms with E-state index in [2.05, 4.69) is 15.6 Å². The number of guanidine groups is 1. The lowest BCUT2D eigenvalue weighted by Gasteiger charge is -2.12. The van der Waals surface area contributed by atoms with E-state index in [0.29, 0.717) is 18.0 Å². The van der Waals surface area contributed by atoms with Crippen LogP contribution in [0.2, 0.25) is 0 Å². The summed E-state index contributed by atoms with van der Waals surface area (Å²) in [5.41, 5.74) is 2.11. The standard InChI is InChI=1S/C20H27N3O3.HI/c1-4-21-20(22-11-10-15-6-5-7-17(24)12-15)23-14-16-8-9-18(25-2)19(13-16)26-3;/h5-9,12-13,24H,4,10-11,14H2,1-3H3,(H2,21,22,23);1H. The molecular formula is C20H28IN3O3. The Hall–Kier alpha value is -2.16. The molecule has 2 aromatic rings. The van der Waals surface area contributed by atoms with Crippen LogP contribution in [-0.2, 0) is 13.0 Å². The zero-order valence-corrected chi connectivity index (χ0v) is 18.3. The lowest BCUT2D eigenvalue weighted by molar-refractivity contribution is 0.354. The molecule has 0 saturated carbocycles. The maximum atomic E-state index is 9.52. The molecule has 0 aromatic heterocycles. The van der Waals surface area contributed by atoms with Crippen molar-refractivity contribution in [1.29, 1.82) is 0 Å². The third-order valence-electron chi connectivity index (χ3n) is 3.83. The van der Waals surface area contributed by atoms with Crippen LogP contribution in [0, 0.1) is 0 Å². The van der Waals surface area contributed by atoms with E-state index in [9.17, 15) is 5.11 Å². The Kier molecular flexibility index (Phi) is 10.4. The molecular weight excluding hydrogens is 457 g/mol. The zero-order valence-electron chi connectivity index (χ0n) is 16.0. The van der Waals surface area contributed by atoms with Gasteiger partial charge >= 0.3 is 0 Å². The van der Waals surface area contributed by atoms with E-state index in [-0.39, 0.29) is 29.7 Å². The molecule has 0 saturated heterocycles. The summed E-state index contributed by atoms with van der Waals surface area (Å²) in [4.78, 5) is 4.61. The second-order valence-electron chi connectivity index (χ2n) is 5.73. The van der Waals surface area contributed by atoms with Gasteiger partial charge in [0.1, 0.15) is 5.75 Å². The number of phenolic OH excluding ortho intramolecular Hbond substituents is 1. The summed E-state index contributed by atoms with van der Waals surface area (Å²) in [7, 11) is 3.24. The molecule has 2 aromatic carbocycles. The van der Waals surface area contributed by atoms with Crippen molar-refractivity contribution in [3.05, 3.63) is 53.6 Å². The van der Waals surface area contributed by atoms with Gasteiger partial charge in [-0.3, -0.25) is 0 Å². The van der Waals surface area contributed by atoms with E-state index in [1.165, 1.54) is 0 Å².